The summed E-state index contributed by atoms with van der Waals surface area (Å²) in [6.45, 7) is 1.22. The van der Waals surface area contributed by atoms with Gasteiger partial charge in [0.25, 0.3) is 5.91 Å². The lowest BCUT2D eigenvalue weighted by atomic mass is 10.0. The third-order valence-corrected chi connectivity index (χ3v) is 4.39. The number of hydrogen-bond donors (Lipinski definition) is 1. The Hall–Kier alpha value is -1.18. The highest BCUT2D eigenvalue weighted by Gasteiger charge is 2.28. The minimum atomic E-state index is -0.803. The van der Waals surface area contributed by atoms with Crippen molar-refractivity contribution in [2.24, 2.45) is 5.92 Å². The number of nitrogens with zero attached hydrogens (tertiary/aromatic N) is 1. The summed E-state index contributed by atoms with van der Waals surface area (Å²) < 4.78 is 13.6. The number of rotatable bonds is 4. The molecule has 0 aliphatic carbocycles. The molecular weight excluding hydrogens is 376 g/mol. The van der Waals surface area contributed by atoms with Crippen molar-refractivity contribution in [3.8, 4) is 0 Å². The Bertz CT molecular complexity index is 535. The predicted octanol–water partition coefficient (Wildman–Crippen LogP) is 2.76. The molecule has 1 aliphatic heterocycles. The Kier molecular flexibility index (Phi) is 4.95. The number of aliphatic carboxylic acids is 1. The van der Waals surface area contributed by atoms with E-state index in [-0.39, 0.29) is 24.1 Å². The van der Waals surface area contributed by atoms with Crippen LogP contribution in [0.2, 0.25) is 0 Å². The summed E-state index contributed by atoms with van der Waals surface area (Å²) in [5.41, 5.74) is 0.505. The van der Waals surface area contributed by atoms with E-state index in [4.69, 9.17) is 5.11 Å². The standard InChI is InChI=1S/C14H15FINO3/c15-10-2-3-11(12(16)7-10)14(20)17-6-5-9(8-17)1-4-13(18)19/h2-3,7,9H,1,4-6,8H2,(H,18,19). The van der Waals surface area contributed by atoms with Gasteiger partial charge >= 0.3 is 5.97 Å². The highest BCUT2D eigenvalue weighted by Crippen LogP contribution is 2.24. The molecule has 0 spiro atoms. The smallest absolute Gasteiger partial charge is 0.303 e. The van der Waals surface area contributed by atoms with Gasteiger partial charge in [-0.2, -0.15) is 0 Å². The van der Waals surface area contributed by atoms with Crippen molar-refractivity contribution < 1.29 is 19.1 Å². The molecular formula is C14H15FINO3. The first-order valence-corrected chi connectivity index (χ1v) is 7.51. The highest BCUT2D eigenvalue weighted by atomic mass is 127. The molecule has 6 heteroatoms. The van der Waals surface area contributed by atoms with Crippen LogP contribution in [-0.4, -0.2) is 35.0 Å². The molecule has 0 radical (unpaired) electrons. The maximum Gasteiger partial charge on any atom is 0.303 e. The van der Waals surface area contributed by atoms with Crippen LogP contribution in [0.15, 0.2) is 18.2 Å². The van der Waals surface area contributed by atoms with Crippen LogP contribution in [-0.2, 0) is 4.79 Å². The van der Waals surface area contributed by atoms with Gasteiger partial charge < -0.3 is 10.0 Å². The van der Waals surface area contributed by atoms with Crippen molar-refractivity contribution in [2.75, 3.05) is 13.1 Å². The molecule has 0 aromatic heterocycles. The number of carboxylic acids is 1. The van der Waals surface area contributed by atoms with Gasteiger partial charge in [-0.05, 0) is 59.5 Å². The summed E-state index contributed by atoms with van der Waals surface area (Å²) in [6.07, 6.45) is 1.57. The van der Waals surface area contributed by atoms with Gasteiger partial charge in [0.15, 0.2) is 0 Å². The van der Waals surface area contributed by atoms with Crippen LogP contribution in [0.3, 0.4) is 0 Å². The summed E-state index contributed by atoms with van der Waals surface area (Å²) in [5.74, 6) is -1.02. The first-order chi connectivity index (χ1) is 9.47. The van der Waals surface area contributed by atoms with Crippen LogP contribution in [0, 0.1) is 15.3 Å². The predicted molar refractivity (Wildman–Crippen MR) is 80.0 cm³/mol. The normalized spacial score (nSPS) is 18.3. The van der Waals surface area contributed by atoms with E-state index in [1.807, 2.05) is 22.6 Å². The summed E-state index contributed by atoms with van der Waals surface area (Å²) in [4.78, 5) is 24.6. The molecule has 2 rings (SSSR count). The SMILES string of the molecule is O=C(O)CCC1CCN(C(=O)c2ccc(F)cc2I)C1. The zero-order chi connectivity index (χ0) is 14.7. The molecule has 4 nitrogen and oxygen atoms in total. The van der Waals surface area contributed by atoms with Crippen molar-refractivity contribution >= 4 is 34.5 Å². The molecule has 0 saturated carbocycles. The zero-order valence-electron chi connectivity index (χ0n) is 10.8. The van der Waals surface area contributed by atoms with Crippen LogP contribution in [0.25, 0.3) is 0 Å². The molecule has 1 heterocycles. The van der Waals surface area contributed by atoms with E-state index in [1.165, 1.54) is 18.2 Å². The van der Waals surface area contributed by atoms with E-state index in [2.05, 4.69) is 0 Å². The van der Waals surface area contributed by atoms with Crippen LogP contribution < -0.4 is 0 Å². The zero-order valence-corrected chi connectivity index (χ0v) is 13.0. The van der Waals surface area contributed by atoms with E-state index in [1.54, 1.807) is 4.90 Å². The quantitative estimate of drug-likeness (QED) is 0.804. The van der Waals surface area contributed by atoms with Crippen molar-refractivity contribution in [1.82, 2.24) is 4.90 Å². The monoisotopic (exact) mass is 391 g/mol. The number of carboxylic acid groups (broad SMARTS) is 1. The third-order valence-electron chi connectivity index (χ3n) is 3.50. The number of benzene rings is 1. The van der Waals surface area contributed by atoms with E-state index >= 15 is 0 Å². The van der Waals surface area contributed by atoms with Crippen molar-refractivity contribution in [3.05, 3.63) is 33.1 Å². The fraction of sp³-hybridized carbons (Fsp3) is 0.429. The number of hydrogen-bond acceptors (Lipinski definition) is 2. The topological polar surface area (TPSA) is 57.6 Å². The number of halogens is 2. The van der Waals surface area contributed by atoms with Crippen LogP contribution >= 0.6 is 22.6 Å². The third kappa shape index (κ3) is 3.68. The van der Waals surface area contributed by atoms with Gasteiger partial charge in [-0.3, -0.25) is 9.59 Å². The van der Waals surface area contributed by atoms with Crippen LogP contribution in [0.5, 0.6) is 0 Å². The van der Waals surface area contributed by atoms with Crippen LogP contribution in [0.4, 0.5) is 4.39 Å². The van der Waals surface area contributed by atoms with E-state index in [0.29, 0.717) is 28.6 Å². The number of carbonyl (C=O) groups is 2. The molecule has 1 N–H and O–H groups in total. The Morgan fingerprint density at radius 2 is 2.20 bits per heavy atom. The molecule has 20 heavy (non-hydrogen) atoms. The Morgan fingerprint density at radius 1 is 1.45 bits per heavy atom. The fourth-order valence-electron chi connectivity index (χ4n) is 2.41. The maximum absolute atomic E-state index is 13.0. The summed E-state index contributed by atoms with van der Waals surface area (Å²) in [6, 6.07) is 4.13. The molecule has 1 aromatic rings. The first-order valence-electron chi connectivity index (χ1n) is 6.43. The molecule has 108 valence electrons. The Balaban J connectivity index is 1.99. The minimum Gasteiger partial charge on any atom is -0.481 e. The molecule has 1 aromatic carbocycles. The number of amides is 1. The van der Waals surface area contributed by atoms with Gasteiger partial charge in [-0.15, -0.1) is 0 Å². The molecule has 1 fully saturated rings. The van der Waals surface area contributed by atoms with Crippen LogP contribution in [0.1, 0.15) is 29.6 Å². The minimum absolute atomic E-state index is 0.104. The second kappa shape index (κ2) is 6.51. The lowest BCUT2D eigenvalue weighted by Crippen LogP contribution is -2.29. The summed E-state index contributed by atoms with van der Waals surface area (Å²) >= 11 is 1.95. The second-order valence-electron chi connectivity index (χ2n) is 4.96. The van der Waals surface area contributed by atoms with Crippen molar-refractivity contribution in [1.29, 1.82) is 0 Å². The van der Waals surface area contributed by atoms with Gasteiger partial charge in [-0.25, -0.2) is 4.39 Å². The van der Waals surface area contributed by atoms with Gasteiger partial charge in [-0.1, -0.05) is 0 Å². The number of carbonyl (C=O) groups excluding carboxylic acids is 1. The van der Waals surface area contributed by atoms with Gasteiger partial charge in [0.2, 0.25) is 0 Å². The first kappa shape index (κ1) is 15.2. The largest absolute Gasteiger partial charge is 0.481 e. The molecule has 1 atom stereocenters. The lowest BCUT2D eigenvalue weighted by molar-refractivity contribution is -0.137. The average molecular weight is 391 g/mol. The van der Waals surface area contributed by atoms with Gasteiger partial charge in [0.05, 0.1) is 5.56 Å². The summed E-state index contributed by atoms with van der Waals surface area (Å²) in [5, 5.41) is 8.67. The molecule has 1 saturated heterocycles. The van der Waals surface area contributed by atoms with Crippen molar-refractivity contribution in [2.45, 2.75) is 19.3 Å². The van der Waals surface area contributed by atoms with E-state index < -0.39 is 5.97 Å². The highest BCUT2D eigenvalue weighted by molar-refractivity contribution is 14.1. The van der Waals surface area contributed by atoms with E-state index in [0.717, 1.165) is 6.42 Å². The molecule has 1 amide bonds. The van der Waals surface area contributed by atoms with E-state index in [9.17, 15) is 14.0 Å². The second-order valence-corrected chi connectivity index (χ2v) is 6.12. The fourth-order valence-corrected chi connectivity index (χ4v) is 3.12. The molecule has 0 bridgehead atoms. The van der Waals surface area contributed by atoms with Gasteiger partial charge in [0, 0.05) is 23.1 Å². The summed E-state index contributed by atoms with van der Waals surface area (Å²) in [7, 11) is 0. The number of likely N-dealkylation sites (tertiary alicyclic amines) is 1. The molecule has 1 aliphatic rings. The molecule has 1 unspecified atom stereocenters. The Labute approximate surface area is 130 Å². The maximum atomic E-state index is 13.0. The lowest BCUT2D eigenvalue weighted by Gasteiger charge is -2.17. The van der Waals surface area contributed by atoms with Crippen molar-refractivity contribution in [3.63, 3.8) is 0 Å². The average Bonchev–Trinajstić information content (AvgIpc) is 2.84. The Morgan fingerprint density at radius 3 is 2.85 bits per heavy atom. The van der Waals surface area contributed by atoms with Gasteiger partial charge in [0.1, 0.15) is 5.82 Å².